The SMILES string of the molecule is N#Cc1ccc(Cn2c(=O)n(CC(O)CN3CCc4ccccc4C3)c3ccccc32)cn1. The smallest absolute Gasteiger partial charge is 0.329 e. The van der Waals surface area contributed by atoms with Crippen molar-refractivity contribution in [3.05, 3.63) is 99.7 Å². The van der Waals surface area contributed by atoms with Crippen molar-refractivity contribution in [1.29, 1.82) is 5.26 Å². The number of aliphatic hydroxyl groups excluding tert-OH is 1. The molecule has 5 rings (SSSR count). The quantitative estimate of drug-likeness (QED) is 0.499. The second-order valence-corrected chi connectivity index (χ2v) is 8.54. The van der Waals surface area contributed by atoms with Gasteiger partial charge in [-0.1, -0.05) is 42.5 Å². The van der Waals surface area contributed by atoms with E-state index in [1.54, 1.807) is 21.4 Å². The van der Waals surface area contributed by atoms with Crippen molar-refractivity contribution in [2.75, 3.05) is 13.1 Å². The highest BCUT2D eigenvalue weighted by molar-refractivity contribution is 5.76. The van der Waals surface area contributed by atoms with Gasteiger partial charge in [0.2, 0.25) is 0 Å². The van der Waals surface area contributed by atoms with Crippen LogP contribution in [0.15, 0.2) is 71.7 Å². The second kappa shape index (κ2) is 9.02. The molecule has 0 fully saturated rings. The van der Waals surface area contributed by atoms with Crippen LogP contribution < -0.4 is 5.69 Å². The number of imidazole rings is 1. The number of rotatable bonds is 6. The van der Waals surface area contributed by atoms with Crippen molar-refractivity contribution in [3.8, 4) is 6.07 Å². The van der Waals surface area contributed by atoms with Crippen molar-refractivity contribution in [2.24, 2.45) is 0 Å². The molecule has 3 heterocycles. The zero-order valence-electron chi connectivity index (χ0n) is 18.3. The van der Waals surface area contributed by atoms with Crippen LogP contribution in [-0.2, 0) is 26.1 Å². The lowest BCUT2D eigenvalue weighted by Gasteiger charge is -2.30. The van der Waals surface area contributed by atoms with E-state index in [1.807, 2.05) is 36.4 Å². The summed E-state index contributed by atoms with van der Waals surface area (Å²) in [4.78, 5) is 19.7. The van der Waals surface area contributed by atoms with E-state index in [2.05, 4.69) is 34.1 Å². The number of nitriles is 1. The molecule has 7 nitrogen and oxygen atoms in total. The Kier molecular flexibility index (Phi) is 5.78. The maximum absolute atomic E-state index is 13.3. The maximum atomic E-state index is 13.3. The standard InChI is InChI=1S/C26H25N5O2/c27-13-22-10-9-19(14-28-22)15-30-24-7-3-4-8-25(24)31(26(30)33)18-23(32)17-29-12-11-20-5-1-2-6-21(20)16-29/h1-10,14,23,32H,11-12,15-18H2. The largest absolute Gasteiger partial charge is 0.390 e. The molecule has 0 amide bonds. The zero-order chi connectivity index (χ0) is 22.8. The van der Waals surface area contributed by atoms with E-state index in [0.29, 0.717) is 18.8 Å². The molecule has 33 heavy (non-hydrogen) atoms. The average Bonchev–Trinajstić information content (AvgIpc) is 3.10. The Labute approximate surface area is 191 Å². The number of fused-ring (bicyclic) bond motifs is 2. The first-order valence-corrected chi connectivity index (χ1v) is 11.1. The van der Waals surface area contributed by atoms with Crippen molar-refractivity contribution >= 4 is 11.0 Å². The highest BCUT2D eigenvalue weighted by Crippen LogP contribution is 2.19. The van der Waals surface area contributed by atoms with Crippen molar-refractivity contribution in [3.63, 3.8) is 0 Å². The fraction of sp³-hybridized carbons (Fsp3) is 0.269. The molecule has 1 atom stereocenters. The van der Waals surface area contributed by atoms with E-state index in [1.165, 1.54) is 11.1 Å². The lowest BCUT2D eigenvalue weighted by atomic mass is 10.00. The molecule has 7 heteroatoms. The van der Waals surface area contributed by atoms with Gasteiger partial charge < -0.3 is 5.11 Å². The summed E-state index contributed by atoms with van der Waals surface area (Å²) < 4.78 is 3.36. The number of nitrogens with zero attached hydrogens (tertiary/aromatic N) is 5. The molecule has 1 unspecified atom stereocenters. The van der Waals surface area contributed by atoms with Crippen LogP contribution in [0.3, 0.4) is 0 Å². The summed E-state index contributed by atoms with van der Waals surface area (Å²) in [6.45, 7) is 2.81. The molecule has 0 saturated carbocycles. The molecule has 1 aliphatic heterocycles. The Hall–Kier alpha value is -3.73. The summed E-state index contributed by atoms with van der Waals surface area (Å²) in [6, 6.07) is 21.5. The fourth-order valence-electron chi connectivity index (χ4n) is 4.64. The van der Waals surface area contributed by atoms with Gasteiger partial charge in [-0.3, -0.25) is 14.0 Å². The Morgan fingerprint density at radius 2 is 1.70 bits per heavy atom. The van der Waals surface area contributed by atoms with Gasteiger partial charge in [0.1, 0.15) is 11.8 Å². The van der Waals surface area contributed by atoms with Crippen LogP contribution in [0.1, 0.15) is 22.4 Å². The number of benzene rings is 2. The molecule has 166 valence electrons. The van der Waals surface area contributed by atoms with Gasteiger partial charge in [-0.15, -0.1) is 0 Å². The monoisotopic (exact) mass is 439 g/mol. The van der Waals surface area contributed by atoms with Gasteiger partial charge in [0.25, 0.3) is 0 Å². The molecule has 0 spiro atoms. The molecule has 1 aliphatic rings. The third-order valence-electron chi connectivity index (χ3n) is 6.28. The van der Waals surface area contributed by atoms with Crippen LogP contribution in [0.4, 0.5) is 0 Å². The molecule has 2 aromatic heterocycles. The van der Waals surface area contributed by atoms with Crippen molar-refractivity contribution < 1.29 is 5.11 Å². The molecule has 0 saturated heterocycles. The van der Waals surface area contributed by atoms with Crippen LogP contribution in [0.5, 0.6) is 0 Å². The number of hydrogen-bond donors (Lipinski definition) is 1. The topological polar surface area (TPSA) is 87.1 Å². The van der Waals surface area contributed by atoms with E-state index < -0.39 is 6.10 Å². The number of pyridine rings is 1. The van der Waals surface area contributed by atoms with E-state index in [0.717, 1.165) is 36.1 Å². The first kappa shape index (κ1) is 21.1. The summed E-state index contributed by atoms with van der Waals surface area (Å²) in [5.74, 6) is 0. The number of hydrogen-bond acceptors (Lipinski definition) is 5. The summed E-state index contributed by atoms with van der Waals surface area (Å²) in [5, 5.41) is 19.9. The second-order valence-electron chi connectivity index (χ2n) is 8.54. The Balaban J connectivity index is 1.36. The normalized spacial score (nSPS) is 14.7. The van der Waals surface area contributed by atoms with Gasteiger partial charge in [-0.2, -0.15) is 5.26 Å². The van der Waals surface area contributed by atoms with E-state index in [-0.39, 0.29) is 12.2 Å². The number of aliphatic hydroxyl groups is 1. The first-order valence-electron chi connectivity index (χ1n) is 11.1. The van der Waals surface area contributed by atoms with E-state index >= 15 is 0 Å². The number of β-amino-alcohol motifs (C(OH)–C–C–N with tert-alkyl or cyclic N) is 1. The predicted molar refractivity (Wildman–Crippen MR) is 126 cm³/mol. The Morgan fingerprint density at radius 1 is 0.970 bits per heavy atom. The molecule has 0 radical (unpaired) electrons. The van der Waals surface area contributed by atoms with Crippen LogP contribution in [0.25, 0.3) is 11.0 Å². The number of para-hydroxylation sites is 2. The summed E-state index contributed by atoms with van der Waals surface area (Å²) in [7, 11) is 0. The van der Waals surface area contributed by atoms with Gasteiger partial charge in [0, 0.05) is 25.8 Å². The highest BCUT2D eigenvalue weighted by Gasteiger charge is 2.21. The summed E-state index contributed by atoms with van der Waals surface area (Å²) >= 11 is 0. The zero-order valence-corrected chi connectivity index (χ0v) is 18.3. The summed E-state index contributed by atoms with van der Waals surface area (Å²) in [6.07, 6.45) is 1.93. The maximum Gasteiger partial charge on any atom is 0.329 e. The van der Waals surface area contributed by atoms with Crippen LogP contribution in [0.2, 0.25) is 0 Å². The van der Waals surface area contributed by atoms with Gasteiger partial charge >= 0.3 is 5.69 Å². The molecular formula is C26H25N5O2. The lowest BCUT2D eigenvalue weighted by molar-refractivity contribution is 0.0918. The Bertz CT molecular complexity index is 1380. The van der Waals surface area contributed by atoms with Crippen LogP contribution in [0, 0.1) is 11.3 Å². The van der Waals surface area contributed by atoms with E-state index in [9.17, 15) is 9.90 Å². The van der Waals surface area contributed by atoms with Crippen LogP contribution in [-0.4, -0.2) is 43.3 Å². The molecule has 0 bridgehead atoms. The van der Waals surface area contributed by atoms with Gasteiger partial charge in [-0.25, -0.2) is 9.78 Å². The molecule has 1 N–H and O–H groups in total. The molecule has 0 aliphatic carbocycles. The molecular weight excluding hydrogens is 414 g/mol. The minimum Gasteiger partial charge on any atom is -0.390 e. The Morgan fingerprint density at radius 3 is 2.42 bits per heavy atom. The number of aromatic nitrogens is 3. The van der Waals surface area contributed by atoms with Gasteiger partial charge in [-0.05, 0) is 41.3 Å². The third-order valence-corrected chi connectivity index (χ3v) is 6.28. The third kappa shape index (κ3) is 4.31. The fourth-order valence-corrected chi connectivity index (χ4v) is 4.64. The van der Waals surface area contributed by atoms with Gasteiger partial charge in [0.05, 0.1) is 30.2 Å². The van der Waals surface area contributed by atoms with Crippen molar-refractivity contribution in [1.82, 2.24) is 19.0 Å². The highest BCUT2D eigenvalue weighted by atomic mass is 16.3. The molecule has 4 aromatic rings. The molecule has 2 aromatic carbocycles. The predicted octanol–water partition coefficient (Wildman–Crippen LogP) is 2.54. The minimum absolute atomic E-state index is 0.163. The lowest BCUT2D eigenvalue weighted by Crippen LogP contribution is -2.39. The average molecular weight is 440 g/mol. The minimum atomic E-state index is -0.663. The van der Waals surface area contributed by atoms with Crippen LogP contribution >= 0.6 is 0 Å². The van der Waals surface area contributed by atoms with E-state index in [4.69, 9.17) is 5.26 Å². The van der Waals surface area contributed by atoms with Gasteiger partial charge in [0.15, 0.2) is 0 Å². The summed E-state index contributed by atoms with van der Waals surface area (Å²) in [5.41, 5.74) is 5.31. The van der Waals surface area contributed by atoms with Crippen molar-refractivity contribution in [2.45, 2.75) is 32.2 Å². The first-order chi connectivity index (χ1) is 16.1.